The molecule has 34 heavy (non-hydrogen) atoms. The quantitative estimate of drug-likeness (QED) is 0.471. The van der Waals surface area contributed by atoms with Crippen molar-refractivity contribution in [1.29, 1.82) is 0 Å². The minimum absolute atomic E-state index is 0.0328. The molecule has 2 N–H and O–H groups in total. The monoisotopic (exact) mass is 480 g/mol. The molecule has 1 saturated heterocycles. The molecule has 1 aromatic heterocycles. The van der Waals surface area contributed by atoms with Crippen LogP contribution in [0.2, 0.25) is 0 Å². The zero-order valence-electron chi connectivity index (χ0n) is 18.6. The van der Waals surface area contributed by atoms with Crippen molar-refractivity contribution >= 4 is 22.4 Å². The molecule has 1 aliphatic heterocycles. The van der Waals surface area contributed by atoms with Gasteiger partial charge in [0.25, 0.3) is 0 Å². The number of phenols is 1. The van der Waals surface area contributed by atoms with E-state index in [1.807, 2.05) is 0 Å². The molecule has 3 aromatic rings. The lowest BCUT2D eigenvalue weighted by Crippen LogP contribution is -2.30. The number of anilines is 2. The van der Waals surface area contributed by atoms with Gasteiger partial charge in [0, 0.05) is 30.1 Å². The highest BCUT2D eigenvalue weighted by atomic mass is 19.4. The lowest BCUT2D eigenvalue weighted by molar-refractivity contribution is -0.170. The van der Waals surface area contributed by atoms with E-state index in [2.05, 4.69) is 15.3 Å². The van der Waals surface area contributed by atoms with Crippen LogP contribution in [-0.2, 0) is 0 Å². The first-order chi connectivity index (χ1) is 16.2. The Hall–Kier alpha value is -3.34. The van der Waals surface area contributed by atoms with Crippen LogP contribution in [0.1, 0.15) is 12.0 Å². The van der Waals surface area contributed by atoms with Gasteiger partial charge in [-0.25, -0.2) is 14.4 Å². The summed E-state index contributed by atoms with van der Waals surface area (Å²) in [6, 6.07) is 5.69. The van der Waals surface area contributed by atoms with Gasteiger partial charge in [0.05, 0.1) is 24.2 Å². The summed E-state index contributed by atoms with van der Waals surface area (Å²) in [5, 5.41) is 13.4. The number of halogens is 4. The number of aromatic hydroxyl groups is 1. The molecule has 0 radical (unpaired) electrons. The highest BCUT2D eigenvalue weighted by Crippen LogP contribution is 2.37. The van der Waals surface area contributed by atoms with Gasteiger partial charge in [0.2, 0.25) is 0 Å². The van der Waals surface area contributed by atoms with Crippen LogP contribution in [0.4, 0.5) is 29.1 Å². The van der Waals surface area contributed by atoms with Crippen molar-refractivity contribution in [2.24, 2.45) is 5.92 Å². The smallest absolute Gasteiger partial charge is 0.393 e. The molecular formula is C23H24F4N4O3. The van der Waals surface area contributed by atoms with Crippen molar-refractivity contribution in [1.82, 2.24) is 14.9 Å². The SMILES string of the molecule is COc1cc2c(Nc3c(F)ccc(O)c3C)ncnc2cc1OCCN1CCC(C(F)(F)F)C1. The molecule has 0 amide bonds. The Morgan fingerprint density at radius 3 is 2.71 bits per heavy atom. The molecule has 11 heteroatoms. The summed E-state index contributed by atoms with van der Waals surface area (Å²) in [5.41, 5.74) is 0.903. The Morgan fingerprint density at radius 2 is 2.00 bits per heavy atom. The van der Waals surface area contributed by atoms with E-state index in [4.69, 9.17) is 9.47 Å². The molecule has 0 aliphatic carbocycles. The molecule has 2 heterocycles. The zero-order valence-corrected chi connectivity index (χ0v) is 18.6. The number of hydrogen-bond acceptors (Lipinski definition) is 7. The summed E-state index contributed by atoms with van der Waals surface area (Å²) in [5.74, 6) is -0.860. The molecule has 0 bridgehead atoms. The van der Waals surface area contributed by atoms with E-state index in [1.165, 1.54) is 19.5 Å². The summed E-state index contributed by atoms with van der Waals surface area (Å²) in [4.78, 5) is 10.2. The number of aromatic nitrogens is 2. The van der Waals surface area contributed by atoms with Gasteiger partial charge in [-0.1, -0.05) is 0 Å². The molecule has 0 spiro atoms. The van der Waals surface area contributed by atoms with Crippen molar-refractivity contribution in [2.75, 3.05) is 38.7 Å². The maximum atomic E-state index is 14.4. The van der Waals surface area contributed by atoms with E-state index < -0.39 is 17.9 Å². The summed E-state index contributed by atoms with van der Waals surface area (Å²) < 4.78 is 64.2. The Balaban J connectivity index is 1.52. The van der Waals surface area contributed by atoms with Gasteiger partial charge in [-0.3, -0.25) is 4.90 Å². The summed E-state index contributed by atoms with van der Waals surface area (Å²) in [7, 11) is 1.46. The number of fused-ring (bicyclic) bond motifs is 1. The summed E-state index contributed by atoms with van der Waals surface area (Å²) in [6.45, 7) is 2.44. The van der Waals surface area contributed by atoms with E-state index >= 15 is 0 Å². The van der Waals surface area contributed by atoms with E-state index in [-0.39, 0.29) is 31.0 Å². The van der Waals surface area contributed by atoms with Crippen molar-refractivity contribution < 1.29 is 32.1 Å². The Bertz CT molecular complexity index is 1190. The first-order valence-electron chi connectivity index (χ1n) is 10.7. The second kappa shape index (κ2) is 9.49. The van der Waals surface area contributed by atoms with E-state index in [9.17, 15) is 22.7 Å². The van der Waals surface area contributed by atoms with Crippen molar-refractivity contribution in [3.8, 4) is 17.2 Å². The van der Waals surface area contributed by atoms with Gasteiger partial charge in [0.15, 0.2) is 11.5 Å². The number of methoxy groups -OCH3 is 1. The average molecular weight is 480 g/mol. The minimum atomic E-state index is -4.18. The molecule has 7 nitrogen and oxygen atoms in total. The Labute approximate surface area is 193 Å². The molecule has 0 saturated carbocycles. The third-order valence-electron chi connectivity index (χ3n) is 5.95. The number of alkyl halides is 3. The maximum absolute atomic E-state index is 14.4. The largest absolute Gasteiger partial charge is 0.508 e. The van der Waals surface area contributed by atoms with Gasteiger partial charge in [-0.05, 0) is 38.1 Å². The number of benzene rings is 2. The normalized spacial score (nSPS) is 16.7. The molecule has 182 valence electrons. The fourth-order valence-corrected chi connectivity index (χ4v) is 3.96. The van der Waals surface area contributed by atoms with Crippen LogP contribution >= 0.6 is 0 Å². The Kier molecular flexibility index (Phi) is 6.65. The van der Waals surface area contributed by atoms with Gasteiger partial charge in [-0.15, -0.1) is 0 Å². The number of phenolic OH excluding ortho intramolecular Hbond substituents is 1. The fourth-order valence-electron chi connectivity index (χ4n) is 3.96. The summed E-state index contributed by atoms with van der Waals surface area (Å²) >= 11 is 0. The average Bonchev–Trinajstić information content (AvgIpc) is 3.28. The van der Waals surface area contributed by atoms with Gasteiger partial charge >= 0.3 is 6.18 Å². The predicted octanol–water partition coefficient (Wildman–Crippen LogP) is 4.80. The zero-order chi connectivity index (χ0) is 24.5. The highest BCUT2D eigenvalue weighted by Gasteiger charge is 2.43. The first-order valence-corrected chi connectivity index (χ1v) is 10.7. The van der Waals surface area contributed by atoms with Gasteiger partial charge in [-0.2, -0.15) is 13.2 Å². The fraction of sp³-hybridized carbons (Fsp3) is 0.391. The molecule has 1 aliphatic rings. The third kappa shape index (κ3) is 4.93. The van der Waals surface area contributed by atoms with Crippen LogP contribution < -0.4 is 14.8 Å². The van der Waals surface area contributed by atoms with Crippen LogP contribution in [0.25, 0.3) is 10.9 Å². The topological polar surface area (TPSA) is 79.7 Å². The van der Waals surface area contributed by atoms with Gasteiger partial charge < -0.3 is 19.9 Å². The molecule has 1 fully saturated rings. The van der Waals surface area contributed by atoms with E-state index in [0.717, 1.165) is 6.07 Å². The van der Waals surface area contributed by atoms with Crippen LogP contribution in [0, 0.1) is 18.7 Å². The summed E-state index contributed by atoms with van der Waals surface area (Å²) in [6.07, 6.45) is -2.78. The molecule has 2 aromatic carbocycles. The van der Waals surface area contributed by atoms with Crippen LogP contribution in [-0.4, -0.2) is 59.5 Å². The van der Waals surface area contributed by atoms with Crippen LogP contribution in [0.5, 0.6) is 17.2 Å². The standard InChI is InChI=1S/C23H24F4N4O3/c1-13-18(32)4-3-16(24)21(13)30-22-15-9-19(33-2)20(10-17(15)28-12-29-22)34-8-7-31-6-5-14(11-31)23(25,26)27/h3-4,9-10,12,14,32H,5-8,11H2,1-2H3,(H,28,29,30). The number of hydrogen-bond donors (Lipinski definition) is 2. The molecule has 1 unspecified atom stereocenters. The van der Waals surface area contributed by atoms with Crippen molar-refractivity contribution in [3.63, 3.8) is 0 Å². The van der Waals surface area contributed by atoms with E-state index in [1.54, 1.807) is 24.0 Å². The van der Waals surface area contributed by atoms with Crippen molar-refractivity contribution in [2.45, 2.75) is 19.5 Å². The van der Waals surface area contributed by atoms with Crippen molar-refractivity contribution in [3.05, 3.63) is 42.0 Å². The number of nitrogens with one attached hydrogen (secondary N) is 1. The molecular weight excluding hydrogens is 456 g/mol. The minimum Gasteiger partial charge on any atom is -0.508 e. The highest BCUT2D eigenvalue weighted by molar-refractivity contribution is 5.93. The number of rotatable bonds is 7. The molecule has 4 rings (SSSR count). The number of ether oxygens (including phenoxy) is 2. The second-order valence-corrected chi connectivity index (χ2v) is 8.11. The lowest BCUT2D eigenvalue weighted by Gasteiger charge is -2.19. The Morgan fingerprint density at radius 1 is 1.21 bits per heavy atom. The third-order valence-corrected chi connectivity index (χ3v) is 5.95. The second-order valence-electron chi connectivity index (χ2n) is 8.11. The van der Waals surface area contributed by atoms with Crippen LogP contribution in [0.3, 0.4) is 0 Å². The maximum Gasteiger partial charge on any atom is 0.393 e. The first kappa shape index (κ1) is 23.8. The van der Waals surface area contributed by atoms with Gasteiger partial charge in [0.1, 0.15) is 30.3 Å². The lowest BCUT2D eigenvalue weighted by atomic mass is 10.1. The number of likely N-dealkylation sites (tertiary alicyclic amines) is 1. The predicted molar refractivity (Wildman–Crippen MR) is 118 cm³/mol. The number of nitrogens with zero attached hydrogens (tertiary/aromatic N) is 3. The van der Waals surface area contributed by atoms with E-state index in [0.29, 0.717) is 46.9 Å². The van der Waals surface area contributed by atoms with Crippen LogP contribution in [0.15, 0.2) is 30.6 Å². The molecule has 1 atom stereocenters.